The molecule has 1 aromatic rings. The molecule has 2 rings (SSSR count). The molecule has 1 fully saturated rings. The fourth-order valence-electron chi connectivity index (χ4n) is 2.47. The molecule has 0 radical (unpaired) electrons. The Morgan fingerprint density at radius 2 is 2.17 bits per heavy atom. The first-order chi connectivity index (χ1) is 8.54. The van der Waals surface area contributed by atoms with E-state index in [4.69, 9.17) is 5.11 Å². The number of carbonyl (C=O) groups is 1. The van der Waals surface area contributed by atoms with Gasteiger partial charge in [0.2, 0.25) is 0 Å². The third kappa shape index (κ3) is 3.31. The summed E-state index contributed by atoms with van der Waals surface area (Å²) in [7, 11) is 2.03. The Hall–Kier alpha value is -1.39. The van der Waals surface area contributed by atoms with E-state index in [1.165, 1.54) is 0 Å². The minimum absolute atomic E-state index is 0.112. The van der Waals surface area contributed by atoms with E-state index >= 15 is 0 Å². The van der Waals surface area contributed by atoms with Crippen LogP contribution in [0.3, 0.4) is 0 Å². The molecule has 0 aromatic heterocycles. The first kappa shape index (κ1) is 13.1. The molecule has 1 aliphatic rings. The van der Waals surface area contributed by atoms with Gasteiger partial charge in [-0.05, 0) is 43.5 Å². The van der Waals surface area contributed by atoms with Crippen molar-refractivity contribution in [2.45, 2.75) is 25.5 Å². The zero-order chi connectivity index (χ0) is 13.1. The number of aliphatic hydroxyl groups is 1. The van der Waals surface area contributed by atoms with E-state index in [-0.39, 0.29) is 6.10 Å². The third-order valence-corrected chi connectivity index (χ3v) is 3.41. The lowest BCUT2D eigenvalue weighted by Gasteiger charge is -2.34. The summed E-state index contributed by atoms with van der Waals surface area (Å²) in [6, 6.07) is 7.04. The van der Waals surface area contributed by atoms with Gasteiger partial charge in [-0.2, -0.15) is 0 Å². The topological polar surface area (TPSA) is 60.8 Å². The van der Waals surface area contributed by atoms with Gasteiger partial charge in [-0.15, -0.1) is 0 Å². The molecule has 1 saturated carbocycles. The molecule has 2 N–H and O–H groups in total. The Labute approximate surface area is 107 Å². The second kappa shape index (κ2) is 5.50. The van der Waals surface area contributed by atoms with E-state index in [1.807, 2.05) is 13.1 Å². The summed E-state index contributed by atoms with van der Waals surface area (Å²) in [5.74, 6) is -0.311. The van der Waals surface area contributed by atoms with Crippen molar-refractivity contribution in [2.24, 2.45) is 5.92 Å². The largest absolute Gasteiger partial charge is 0.478 e. The molecule has 4 nitrogen and oxygen atoms in total. The third-order valence-electron chi connectivity index (χ3n) is 3.41. The second-order valence-corrected chi connectivity index (χ2v) is 5.19. The molecule has 0 saturated heterocycles. The summed E-state index contributed by atoms with van der Waals surface area (Å²) in [6.07, 6.45) is 1.66. The Morgan fingerprint density at radius 1 is 1.44 bits per heavy atom. The van der Waals surface area contributed by atoms with Crippen molar-refractivity contribution in [1.82, 2.24) is 4.90 Å². The average Bonchev–Trinajstić information content (AvgIpc) is 2.27. The smallest absolute Gasteiger partial charge is 0.335 e. The van der Waals surface area contributed by atoms with Crippen LogP contribution in [0, 0.1) is 5.92 Å². The number of carboxylic acid groups (broad SMARTS) is 1. The summed E-state index contributed by atoms with van der Waals surface area (Å²) in [5.41, 5.74) is 1.34. The quantitative estimate of drug-likeness (QED) is 0.832. The van der Waals surface area contributed by atoms with Gasteiger partial charge in [-0.3, -0.25) is 0 Å². The van der Waals surface area contributed by atoms with Crippen LogP contribution in [0.1, 0.15) is 28.8 Å². The standard InChI is InChI=1S/C14H19NO3/c1-15(9-11-6-13(16)7-11)8-10-3-2-4-12(5-10)14(17)18/h2-5,11,13,16H,6-9H2,1H3,(H,17,18). The molecule has 0 bridgehead atoms. The van der Waals surface area contributed by atoms with Crippen LogP contribution < -0.4 is 0 Å². The van der Waals surface area contributed by atoms with Crippen LogP contribution in [0.2, 0.25) is 0 Å². The van der Waals surface area contributed by atoms with Gasteiger partial charge in [0.15, 0.2) is 0 Å². The van der Waals surface area contributed by atoms with Crippen LogP contribution >= 0.6 is 0 Å². The number of carboxylic acids is 1. The molecule has 1 aliphatic carbocycles. The van der Waals surface area contributed by atoms with Gasteiger partial charge in [-0.25, -0.2) is 4.79 Å². The maximum Gasteiger partial charge on any atom is 0.335 e. The van der Waals surface area contributed by atoms with Gasteiger partial charge in [0.1, 0.15) is 0 Å². The molecule has 1 aromatic carbocycles. The highest BCUT2D eigenvalue weighted by molar-refractivity contribution is 5.87. The summed E-state index contributed by atoms with van der Waals surface area (Å²) >= 11 is 0. The van der Waals surface area contributed by atoms with Crippen LogP contribution in [0.15, 0.2) is 24.3 Å². The molecule has 98 valence electrons. The molecule has 0 unspecified atom stereocenters. The first-order valence-corrected chi connectivity index (χ1v) is 6.23. The van der Waals surface area contributed by atoms with Gasteiger partial charge in [0.05, 0.1) is 11.7 Å². The lowest BCUT2D eigenvalue weighted by Crippen LogP contribution is -2.36. The number of aliphatic hydroxyl groups excluding tert-OH is 1. The van der Waals surface area contributed by atoms with Crippen LogP contribution in [-0.2, 0) is 6.54 Å². The van der Waals surface area contributed by atoms with Crippen molar-refractivity contribution in [1.29, 1.82) is 0 Å². The van der Waals surface area contributed by atoms with Gasteiger partial charge in [0, 0.05) is 13.1 Å². The van der Waals surface area contributed by atoms with E-state index in [2.05, 4.69) is 4.90 Å². The van der Waals surface area contributed by atoms with Crippen LogP contribution in [0.25, 0.3) is 0 Å². The highest BCUT2D eigenvalue weighted by atomic mass is 16.4. The SMILES string of the molecule is CN(Cc1cccc(C(=O)O)c1)CC1CC(O)C1. The van der Waals surface area contributed by atoms with Crippen molar-refractivity contribution in [2.75, 3.05) is 13.6 Å². The number of hydrogen-bond acceptors (Lipinski definition) is 3. The predicted octanol–water partition coefficient (Wildman–Crippen LogP) is 1.59. The number of nitrogens with zero attached hydrogens (tertiary/aromatic N) is 1. The molecular formula is C14H19NO3. The Bertz CT molecular complexity index is 427. The second-order valence-electron chi connectivity index (χ2n) is 5.19. The van der Waals surface area contributed by atoms with Gasteiger partial charge in [0.25, 0.3) is 0 Å². The Kier molecular flexibility index (Phi) is 3.99. The maximum absolute atomic E-state index is 10.9. The Morgan fingerprint density at radius 3 is 2.78 bits per heavy atom. The molecule has 0 heterocycles. The first-order valence-electron chi connectivity index (χ1n) is 6.23. The van der Waals surface area contributed by atoms with Crippen molar-refractivity contribution < 1.29 is 15.0 Å². The van der Waals surface area contributed by atoms with Crippen LogP contribution in [-0.4, -0.2) is 40.8 Å². The highest BCUT2D eigenvalue weighted by Crippen LogP contribution is 2.27. The molecule has 18 heavy (non-hydrogen) atoms. The van der Waals surface area contributed by atoms with Crippen molar-refractivity contribution in [3.8, 4) is 0 Å². The lowest BCUT2D eigenvalue weighted by atomic mass is 9.82. The zero-order valence-electron chi connectivity index (χ0n) is 10.5. The minimum atomic E-state index is -0.887. The molecule has 4 heteroatoms. The van der Waals surface area contributed by atoms with Crippen molar-refractivity contribution >= 4 is 5.97 Å². The van der Waals surface area contributed by atoms with E-state index in [9.17, 15) is 9.90 Å². The van der Waals surface area contributed by atoms with Gasteiger partial charge < -0.3 is 15.1 Å². The van der Waals surface area contributed by atoms with Gasteiger partial charge in [-0.1, -0.05) is 12.1 Å². The number of rotatable bonds is 5. The predicted molar refractivity (Wildman–Crippen MR) is 68.5 cm³/mol. The number of hydrogen-bond donors (Lipinski definition) is 2. The lowest BCUT2D eigenvalue weighted by molar-refractivity contribution is 0.0273. The highest BCUT2D eigenvalue weighted by Gasteiger charge is 2.27. The van der Waals surface area contributed by atoms with E-state index in [0.717, 1.165) is 31.5 Å². The van der Waals surface area contributed by atoms with Gasteiger partial charge >= 0.3 is 5.97 Å². The zero-order valence-corrected chi connectivity index (χ0v) is 10.5. The van der Waals surface area contributed by atoms with E-state index in [0.29, 0.717) is 11.5 Å². The van der Waals surface area contributed by atoms with E-state index in [1.54, 1.807) is 18.2 Å². The van der Waals surface area contributed by atoms with Crippen molar-refractivity contribution in [3.63, 3.8) is 0 Å². The molecule has 0 aliphatic heterocycles. The molecular weight excluding hydrogens is 230 g/mol. The summed E-state index contributed by atoms with van der Waals surface area (Å²) in [4.78, 5) is 13.0. The van der Waals surface area contributed by atoms with Crippen LogP contribution in [0.4, 0.5) is 0 Å². The Balaban J connectivity index is 1.88. The summed E-state index contributed by atoms with van der Waals surface area (Å²) < 4.78 is 0. The minimum Gasteiger partial charge on any atom is -0.478 e. The average molecular weight is 249 g/mol. The fraction of sp³-hybridized carbons (Fsp3) is 0.500. The summed E-state index contributed by atoms with van der Waals surface area (Å²) in [6.45, 7) is 1.70. The monoisotopic (exact) mass is 249 g/mol. The fourth-order valence-corrected chi connectivity index (χ4v) is 2.47. The molecule has 0 amide bonds. The van der Waals surface area contributed by atoms with Crippen LogP contribution in [0.5, 0.6) is 0 Å². The number of benzene rings is 1. The maximum atomic E-state index is 10.9. The normalized spacial score (nSPS) is 22.8. The molecule has 0 atom stereocenters. The number of aromatic carboxylic acids is 1. The van der Waals surface area contributed by atoms with Crippen molar-refractivity contribution in [3.05, 3.63) is 35.4 Å². The summed E-state index contributed by atoms with van der Waals surface area (Å²) in [5, 5.41) is 18.2. The molecule has 0 spiro atoms. The van der Waals surface area contributed by atoms with E-state index < -0.39 is 5.97 Å².